The van der Waals surface area contributed by atoms with E-state index in [9.17, 15) is 4.79 Å². The quantitative estimate of drug-likeness (QED) is 0.827. The van der Waals surface area contributed by atoms with Crippen LogP contribution in [0.15, 0.2) is 18.2 Å². The van der Waals surface area contributed by atoms with E-state index in [0.717, 1.165) is 10.8 Å². The molecule has 4 heteroatoms. The van der Waals surface area contributed by atoms with E-state index in [-0.39, 0.29) is 5.91 Å². The number of amides is 1. The van der Waals surface area contributed by atoms with Crippen molar-refractivity contribution < 1.29 is 4.79 Å². The highest BCUT2D eigenvalue weighted by molar-refractivity contribution is 6.91. The number of hydrogen-bond acceptors (Lipinski definition) is 1. The van der Waals surface area contributed by atoms with Crippen molar-refractivity contribution in [1.29, 1.82) is 0 Å². The summed E-state index contributed by atoms with van der Waals surface area (Å²) in [5.41, 5.74) is 0.730. The van der Waals surface area contributed by atoms with Gasteiger partial charge in [0.2, 0.25) is 0 Å². The Labute approximate surface area is 103 Å². The molecule has 0 atom stereocenters. The van der Waals surface area contributed by atoms with Crippen LogP contribution in [-0.4, -0.2) is 20.5 Å². The third-order valence-electron chi connectivity index (χ3n) is 2.35. The molecule has 0 fully saturated rings. The summed E-state index contributed by atoms with van der Waals surface area (Å²) in [5.74, 6) is -0.0255. The van der Waals surface area contributed by atoms with E-state index in [1.807, 2.05) is 25.1 Å². The zero-order chi connectivity index (χ0) is 12.3. The van der Waals surface area contributed by atoms with E-state index < -0.39 is 8.07 Å². The highest BCUT2D eigenvalue weighted by Gasteiger charge is 2.25. The molecular weight excluding hydrogens is 238 g/mol. The van der Waals surface area contributed by atoms with Crippen LogP contribution in [0.5, 0.6) is 0 Å². The first-order valence-electron chi connectivity index (χ1n) is 5.45. The molecule has 0 aliphatic rings. The average molecular weight is 256 g/mol. The summed E-state index contributed by atoms with van der Waals surface area (Å²) in [4.78, 5) is 11.9. The van der Waals surface area contributed by atoms with Crippen molar-refractivity contribution in [2.75, 3.05) is 6.54 Å². The number of halogens is 1. The molecule has 0 saturated carbocycles. The molecule has 0 aromatic heterocycles. The average Bonchev–Trinajstić information content (AvgIpc) is 2.15. The Morgan fingerprint density at radius 1 is 1.38 bits per heavy atom. The Morgan fingerprint density at radius 3 is 2.50 bits per heavy atom. The lowest BCUT2D eigenvalue weighted by molar-refractivity contribution is 0.0957. The van der Waals surface area contributed by atoms with Crippen molar-refractivity contribution in [3.05, 3.63) is 28.8 Å². The number of carbonyl (C=O) groups is 1. The van der Waals surface area contributed by atoms with Gasteiger partial charge in [-0.05, 0) is 24.2 Å². The van der Waals surface area contributed by atoms with Gasteiger partial charge in [0.05, 0.1) is 8.07 Å². The summed E-state index contributed by atoms with van der Waals surface area (Å²) in [6.45, 7) is 9.12. The predicted molar refractivity (Wildman–Crippen MR) is 72.4 cm³/mol. The summed E-state index contributed by atoms with van der Waals surface area (Å²) < 4.78 is 0. The van der Waals surface area contributed by atoms with Crippen molar-refractivity contribution in [2.24, 2.45) is 0 Å². The molecule has 1 N–H and O–H groups in total. The maximum Gasteiger partial charge on any atom is 0.251 e. The van der Waals surface area contributed by atoms with Gasteiger partial charge in [0.25, 0.3) is 5.91 Å². The van der Waals surface area contributed by atoms with E-state index >= 15 is 0 Å². The Hall–Kier alpha value is -0.803. The van der Waals surface area contributed by atoms with Gasteiger partial charge in [-0.25, -0.2) is 0 Å². The van der Waals surface area contributed by atoms with Gasteiger partial charge >= 0.3 is 0 Å². The summed E-state index contributed by atoms with van der Waals surface area (Å²) in [5, 5.41) is 4.58. The minimum Gasteiger partial charge on any atom is -0.352 e. The minimum absolute atomic E-state index is 0.0255. The van der Waals surface area contributed by atoms with Crippen LogP contribution in [0.3, 0.4) is 0 Å². The normalized spacial score (nSPS) is 11.3. The van der Waals surface area contributed by atoms with Gasteiger partial charge in [0.15, 0.2) is 0 Å². The van der Waals surface area contributed by atoms with Crippen LogP contribution in [0, 0.1) is 0 Å². The fraction of sp³-hybridized carbons (Fsp3) is 0.417. The Kier molecular flexibility index (Phi) is 4.16. The molecule has 0 aliphatic carbocycles. The van der Waals surface area contributed by atoms with E-state index in [2.05, 4.69) is 25.0 Å². The number of benzene rings is 1. The fourth-order valence-electron chi connectivity index (χ4n) is 1.73. The second-order valence-corrected chi connectivity index (χ2v) is 10.2. The summed E-state index contributed by atoms with van der Waals surface area (Å²) in [6.07, 6.45) is 0. The molecule has 0 radical (unpaired) electrons. The first-order chi connectivity index (χ1) is 7.38. The lowest BCUT2D eigenvalue weighted by Gasteiger charge is -2.21. The summed E-state index contributed by atoms with van der Waals surface area (Å²) >= 11 is 6.21. The molecule has 0 heterocycles. The SMILES string of the molecule is CCNC(=O)c1cccc(Cl)c1[Si](C)(C)C. The molecule has 1 aromatic rings. The standard InChI is InChI=1S/C12H18ClNOSi/c1-5-14-12(15)9-7-6-8-10(13)11(9)16(2,3)4/h6-8H,5H2,1-4H3,(H,14,15). The summed E-state index contributed by atoms with van der Waals surface area (Å²) in [7, 11) is -1.61. The Bertz CT molecular complexity index is 398. The number of rotatable bonds is 3. The molecule has 1 amide bonds. The molecule has 0 bridgehead atoms. The molecule has 16 heavy (non-hydrogen) atoms. The van der Waals surface area contributed by atoms with Crippen LogP contribution < -0.4 is 10.5 Å². The smallest absolute Gasteiger partial charge is 0.251 e. The highest BCUT2D eigenvalue weighted by Crippen LogP contribution is 2.15. The van der Waals surface area contributed by atoms with Gasteiger partial charge in [-0.2, -0.15) is 0 Å². The summed E-state index contributed by atoms with van der Waals surface area (Å²) in [6, 6.07) is 5.54. The van der Waals surface area contributed by atoms with Crippen LogP contribution in [0.25, 0.3) is 0 Å². The van der Waals surface area contributed by atoms with Gasteiger partial charge in [-0.3, -0.25) is 4.79 Å². The molecule has 0 aliphatic heterocycles. The maximum absolute atomic E-state index is 11.9. The molecule has 0 saturated heterocycles. The van der Waals surface area contributed by atoms with Crippen LogP contribution in [-0.2, 0) is 0 Å². The van der Waals surface area contributed by atoms with E-state index in [1.54, 1.807) is 0 Å². The van der Waals surface area contributed by atoms with Crippen LogP contribution in [0.1, 0.15) is 17.3 Å². The number of hydrogen-bond donors (Lipinski definition) is 1. The second kappa shape index (κ2) is 5.02. The zero-order valence-electron chi connectivity index (χ0n) is 10.2. The van der Waals surface area contributed by atoms with Crippen molar-refractivity contribution in [3.63, 3.8) is 0 Å². The van der Waals surface area contributed by atoms with E-state index in [0.29, 0.717) is 11.6 Å². The molecular formula is C12H18ClNOSi. The lowest BCUT2D eigenvalue weighted by atomic mass is 10.2. The largest absolute Gasteiger partial charge is 0.352 e. The first kappa shape index (κ1) is 13.3. The van der Waals surface area contributed by atoms with Crippen LogP contribution in [0.2, 0.25) is 24.7 Å². The van der Waals surface area contributed by atoms with Crippen molar-refractivity contribution in [3.8, 4) is 0 Å². The van der Waals surface area contributed by atoms with Gasteiger partial charge in [0.1, 0.15) is 0 Å². The molecule has 0 spiro atoms. The molecule has 2 nitrogen and oxygen atoms in total. The first-order valence-corrected chi connectivity index (χ1v) is 9.33. The Morgan fingerprint density at radius 2 is 2.00 bits per heavy atom. The van der Waals surface area contributed by atoms with E-state index in [1.165, 1.54) is 0 Å². The fourth-order valence-corrected chi connectivity index (χ4v) is 4.56. The van der Waals surface area contributed by atoms with Crippen molar-refractivity contribution in [2.45, 2.75) is 26.6 Å². The monoisotopic (exact) mass is 255 g/mol. The highest BCUT2D eigenvalue weighted by atomic mass is 35.5. The predicted octanol–water partition coefficient (Wildman–Crippen LogP) is 2.63. The number of carbonyl (C=O) groups excluding carboxylic acids is 1. The third-order valence-corrected chi connectivity index (χ3v) is 4.86. The third kappa shape index (κ3) is 2.86. The molecule has 1 aromatic carbocycles. The van der Waals surface area contributed by atoms with Gasteiger partial charge < -0.3 is 5.32 Å². The zero-order valence-corrected chi connectivity index (χ0v) is 12.0. The van der Waals surface area contributed by atoms with Crippen LogP contribution in [0.4, 0.5) is 0 Å². The Balaban J connectivity index is 3.29. The minimum atomic E-state index is -1.61. The lowest BCUT2D eigenvalue weighted by Crippen LogP contribution is -2.44. The van der Waals surface area contributed by atoms with Crippen LogP contribution >= 0.6 is 11.6 Å². The van der Waals surface area contributed by atoms with Gasteiger partial charge in [0, 0.05) is 17.1 Å². The molecule has 0 unspecified atom stereocenters. The topological polar surface area (TPSA) is 29.1 Å². The van der Waals surface area contributed by atoms with Gasteiger partial charge in [-0.1, -0.05) is 37.3 Å². The second-order valence-electron chi connectivity index (χ2n) is 4.77. The molecule has 1 rings (SSSR count). The van der Waals surface area contributed by atoms with Crippen molar-refractivity contribution >= 4 is 30.8 Å². The number of nitrogens with one attached hydrogen (secondary N) is 1. The van der Waals surface area contributed by atoms with E-state index in [4.69, 9.17) is 11.6 Å². The maximum atomic E-state index is 11.9. The van der Waals surface area contributed by atoms with Gasteiger partial charge in [-0.15, -0.1) is 0 Å². The molecule has 88 valence electrons. The van der Waals surface area contributed by atoms with Crippen molar-refractivity contribution in [1.82, 2.24) is 5.32 Å².